The molecule has 2 rings (SSSR count). The van der Waals surface area contributed by atoms with Crippen LogP contribution in [0.5, 0.6) is 0 Å². The maximum atomic E-state index is 13.2. The first kappa shape index (κ1) is 14.3. The van der Waals surface area contributed by atoms with Gasteiger partial charge in [0.15, 0.2) is 0 Å². The van der Waals surface area contributed by atoms with Crippen LogP contribution in [0, 0.1) is 11.7 Å². The minimum atomic E-state index is -0.178. The van der Waals surface area contributed by atoms with Gasteiger partial charge >= 0.3 is 0 Å². The molecule has 1 atom stereocenters. The minimum Gasteiger partial charge on any atom is -0.369 e. The van der Waals surface area contributed by atoms with Gasteiger partial charge in [-0.3, -0.25) is 0 Å². The predicted octanol–water partition coefficient (Wildman–Crippen LogP) is 4.90. The first-order valence-electron chi connectivity index (χ1n) is 6.66. The average molecular weight is 362 g/mol. The SMILES string of the molecule is CC1CCC(OC(CI)c2cccc(F)c2)CC1. The van der Waals surface area contributed by atoms with E-state index in [0.29, 0.717) is 6.10 Å². The highest BCUT2D eigenvalue weighted by molar-refractivity contribution is 14.1. The monoisotopic (exact) mass is 362 g/mol. The van der Waals surface area contributed by atoms with Gasteiger partial charge in [0.2, 0.25) is 0 Å². The lowest BCUT2D eigenvalue weighted by atomic mass is 9.89. The summed E-state index contributed by atoms with van der Waals surface area (Å²) >= 11 is 2.32. The smallest absolute Gasteiger partial charge is 0.123 e. The molecule has 1 unspecified atom stereocenters. The summed E-state index contributed by atoms with van der Waals surface area (Å²) in [4.78, 5) is 0. The number of rotatable bonds is 4. The molecule has 0 amide bonds. The van der Waals surface area contributed by atoms with E-state index >= 15 is 0 Å². The average Bonchev–Trinajstić information content (AvgIpc) is 2.38. The quantitative estimate of drug-likeness (QED) is 0.547. The van der Waals surface area contributed by atoms with E-state index in [1.807, 2.05) is 6.07 Å². The van der Waals surface area contributed by atoms with Gasteiger partial charge in [-0.15, -0.1) is 0 Å². The third-order valence-electron chi connectivity index (χ3n) is 3.68. The molecule has 1 aromatic rings. The van der Waals surface area contributed by atoms with Gasteiger partial charge in [0.1, 0.15) is 5.82 Å². The van der Waals surface area contributed by atoms with Crippen LogP contribution in [0.25, 0.3) is 0 Å². The molecule has 0 saturated heterocycles. The molecule has 0 aromatic heterocycles. The van der Waals surface area contributed by atoms with Crippen molar-refractivity contribution in [3.05, 3.63) is 35.6 Å². The topological polar surface area (TPSA) is 9.23 Å². The lowest BCUT2D eigenvalue weighted by molar-refractivity contribution is -0.0249. The van der Waals surface area contributed by atoms with Crippen molar-refractivity contribution in [3.8, 4) is 0 Å². The van der Waals surface area contributed by atoms with Crippen molar-refractivity contribution in [2.24, 2.45) is 5.92 Å². The molecule has 0 heterocycles. The van der Waals surface area contributed by atoms with Crippen molar-refractivity contribution in [1.82, 2.24) is 0 Å². The second-order valence-electron chi connectivity index (χ2n) is 5.22. The normalized spacial score (nSPS) is 25.9. The molecule has 0 radical (unpaired) electrons. The summed E-state index contributed by atoms with van der Waals surface area (Å²) in [5.74, 6) is 0.653. The van der Waals surface area contributed by atoms with E-state index in [-0.39, 0.29) is 11.9 Å². The number of hydrogen-bond acceptors (Lipinski definition) is 1. The van der Waals surface area contributed by atoms with Crippen LogP contribution in [-0.2, 0) is 4.74 Å². The third-order valence-corrected chi connectivity index (χ3v) is 4.48. The van der Waals surface area contributed by atoms with Gasteiger partial charge in [0, 0.05) is 4.43 Å². The summed E-state index contributed by atoms with van der Waals surface area (Å²) in [6.07, 6.45) is 5.17. The van der Waals surface area contributed by atoms with E-state index in [1.54, 1.807) is 12.1 Å². The Morgan fingerprint density at radius 2 is 2.06 bits per heavy atom. The van der Waals surface area contributed by atoms with E-state index in [1.165, 1.54) is 18.9 Å². The Morgan fingerprint density at radius 1 is 1.33 bits per heavy atom. The molecule has 1 saturated carbocycles. The fraction of sp³-hybridized carbons (Fsp3) is 0.600. The van der Waals surface area contributed by atoms with Crippen LogP contribution >= 0.6 is 22.6 Å². The Morgan fingerprint density at radius 3 is 2.67 bits per heavy atom. The summed E-state index contributed by atoms with van der Waals surface area (Å²) < 4.78 is 20.3. The van der Waals surface area contributed by atoms with Crippen LogP contribution < -0.4 is 0 Å². The zero-order valence-electron chi connectivity index (χ0n) is 10.7. The van der Waals surface area contributed by atoms with Gasteiger partial charge in [0.25, 0.3) is 0 Å². The fourth-order valence-electron chi connectivity index (χ4n) is 2.51. The largest absolute Gasteiger partial charge is 0.369 e. The molecule has 100 valence electrons. The number of ether oxygens (including phenoxy) is 1. The van der Waals surface area contributed by atoms with Crippen LogP contribution in [-0.4, -0.2) is 10.5 Å². The van der Waals surface area contributed by atoms with Crippen molar-refractivity contribution in [1.29, 1.82) is 0 Å². The maximum Gasteiger partial charge on any atom is 0.123 e. The molecule has 0 aliphatic heterocycles. The summed E-state index contributed by atoms with van der Waals surface area (Å²) in [5, 5.41) is 0. The molecule has 1 aromatic carbocycles. The number of hydrogen-bond donors (Lipinski definition) is 0. The van der Waals surface area contributed by atoms with Crippen LogP contribution in [0.1, 0.15) is 44.3 Å². The van der Waals surface area contributed by atoms with Gasteiger partial charge in [-0.05, 0) is 49.3 Å². The standard InChI is InChI=1S/C15H20FIO/c1-11-5-7-14(8-6-11)18-15(10-17)12-3-2-4-13(16)9-12/h2-4,9,11,14-15H,5-8,10H2,1H3. The van der Waals surface area contributed by atoms with Crippen LogP contribution in [0.3, 0.4) is 0 Å². The molecule has 1 nitrogen and oxygen atoms in total. The van der Waals surface area contributed by atoms with E-state index in [0.717, 1.165) is 28.8 Å². The highest BCUT2D eigenvalue weighted by Crippen LogP contribution is 2.30. The Hall–Kier alpha value is -0.160. The van der Waals surface area contributed by atoms with Gasteiger partial charge in [0.05, 0.1) is 12.2 Å². The highest BCUT2D eigenvalue weighted by Gasteiger charge is 2.22. The third kappa shape index (κ3) is 3.92. The summed E-state index contributed by atoms with van der Waals surface area (Å²) in [7, 11) is 0. The second-order valence-corrected chi connectivity index (χ2v) is 6.10. The lowest BCUT2D eigenvalue weighted by Crippen LogP contribution is -2.23. The number of benzene rings is 1. The molecule has 1 aliphatic rings. The molecule has 0 bridgehead atoms. The lowest BCUT2D eigenvalue weighted by Gasteiger charge is -2.29. The van der Waals surface area contributed by atoms with E-state index in [4.69, 9.17) is 4.74 Å². The van der Waals surface area contributed by atoms with Gasteiger partial charge in [-0.2, -0.15) is 0 Å². The van der Waals surface area contributed by atoms with E-state index in [9.17, 15) is 4.39 Å². The molecular formula is C15H20FIO. The summed E-state index contributed by atoms with van der Waals surface area (Å²) in [6.45, 7) is 2.30. The zero-order chi connectivity index (χ0) is 13.0. The Bertz CT molecular complexity index is 375. The van der Waals surface area contributed by atoms with Gasteiger partial charge < -0.3 is 4.74 Å². The van der Waals surface area contributed by atoms with Crippen LogP contribution in [0.15, 0.2) is 24.3 Å². The zero-order valence-corrected chi connectivity index (χ0v) is 12.9. The van der Waals surface area contributed by atoms with Crippen molar-refractivity contribution in [2.45, 2.75) is 44.8 Å². The highest BCUT2D eigenvalue weighted by atomic mass is 127. The summed E-state index contributed by atoms with van der Waals surface area (Å²) in [5.41, 5.74) is 0.961. The fourth-order valence-corrected chi connectivity index (χ4v) is 3.22. The number of halogens is 2. The molecule has 18 heavy (non-hydrogen) atoms. The molecule has 0 N–H and O–H groups in total. The van der Waals surface area contributed by atoms with Crippen molar-refractivity contribution in [3.63, 3.8) is 0 Å². The summed E-state index contributed by atoms with van der Waals surface area (Å²) in [6, 6.07) is 6.79. The van der Waals surface area contributed by atoms with E-state index in [2.05, 4.69) is 29.5 Å². The van der Waals surface area contributed by atoms with Crippen molar-refractivity contribution < 1.29 is 9.13 Å². The predicted molar refractivity (Wildman–Crippen MR) is 80.5 cm³/mol. The van der Waals surface area contributed by atoms with Gasteiger partial charge in [-0.25, -0.2) is 4.39 Å². The first-order valence-corrected chi connectivity index (χ1v) is 8.18. The van der Waals surface area contributed by atoms with E-state index < -0.39 is 0 Å². The number of alkyl halides is 1. The Labute approximate surface area is 122 Å². The van der Waals surface area contributed by atoms with Crippen LogP contribution in [0.4, 0.5) is 4.39 Å². The molecule has 0 spiro atoms. The molecule has 3 heteroatoms. The molecule has 1 aliphatic carbocycles. The van der Waals surface area contributed by atoms with Crippen molar-refractivity contribution >= 4 is 22.6 Å². The molecule has 1 fully saturated rings. The maximum absolute atomic E-state index is 13.2. The van der Waals surface area contributed by atoms with Gasteiger partial charge in [-0.1, -0.05) is 41.6 Å². The van der Waals surface area contributed by atoms with Crippen molar-refractivity contribution in [2.75, 3.05) is 4.43 Å². The second kappa shape index (κ2) is 6.85. The van der Waals surface area contributed by atoms with Crippen LogP contribution in [0.2, 0.25) is 0 Å². The minimum absolute atomic E-state index is 0.0275. The molecular weight excluding hydrogens is 342 g/mol. The first-order chi connectivity index (χ1) is 8.69. The Balaban J connectivity index is 1.97. The Kier molecular flexibility index (Phi) is 5.42.